The first-order valence-electron chi connectivity index (χ1n) is 7.12. The molecule has 0 unspecified atom stereocenters. The van der Waals surface area contributed by atoms with Gasteiger partial charge >= 0.3 is 0 Å². The number of ether oxygens (including phenoxy) is 1. The van der Waals surface area contributed by atoms with Crippen LogP contribution in [0, 0.1) is 13.8 Å². The molecule has 5 nitrogen and oxygen atoms in total. The number of methoxy groups -OCH3 is 1. The Hall–Kier alpha value is -2.30. The predicted molar refractivity (Wildman–Crippen MR) is 84.8 cm³/mol. The van der Waals surface area contributed by atoms with Crippen molar-refractivity contribution in [2.45, 2.75) is 27.7 Å². The number of rotatable bonds is 2. The highest BCUT2D eigenvalue weighted by atomic mass is 16.5. The van der Waals surface area contributed by atoms with Crippen molar-refractivity contribution < 1.29 is 4.74 Å². The lowest BCUT2D eigenvalue weighted by Crippen LogP contribution is -1.93. The van der Waals surface area contributed by atoms with E-state index in [1.165, 1.54) is 0 Å². The standard InChI is InChI=1S/C14H16N4O.C2H6/c1-9-10(2)16-18-8-11(5-13(19-4)14(9)18)12-6-15-17(3)7-12;1-2/h5-8H,1-4H3;1-2H3. The molecule has 3 aromatic rings. The van der Waals surface area contributed by atoms with Gasteiger partial charge in [0.15, 0.2) is 0 Å². The van der Waals surface area contributed by atoms with Gasteiger partial charge in [-0.2, -0.15) is 10.2 Å². The van der Waals surface area contributed by atoms with Crippen molar-refractivity contribution in [3.8, 4) is 16.9 Å². The van der Waals surface area contributed by atoms with Crippen molar-refractivity contribution in [3.63, 3.8) is 0 Å². The summed E-state index contributed by atoms with van der Waals surface area (Å²) in [6, 6.07) is 2.03. The van der Waals surface area contributed by atoms with Gasteiger partial charge in [-0.05, 0) is 19.9 Å². The summed E-state index contributed by atoms with van der Waals surface area (Å²) in [5.41, 5.74) is 5.28. The summed E-state index contributed by atoms with van der Waals surface area (Å²) >= 11 is 0. The Balaban J connectivity index is 0.000000774. The lowest BCUT2D eigenvalue weighted by Gasteiger charge is -2.06. The van der Waals surface area contributed by atoms with Crippen molar-refractivity contribution in [1.82, 2.24) is 19.4 Å². The summed E-state index contributed by atoms with van der Waals surface area (Å²) in [6.07, 6.45) is 5.82. The van der Waals surface area contributed by atoms with Gasteiger partial charge in [0.05, 0.1) is 19.0 Å². The maximum atomic E-state index is 5.50. The quantitative estimate of drug-likeness (QED) is 0.725. The minimum atomic E-state index is 0.833. The average Bonchev–Trinajstić information content (AvgIpc) is 3.05. The zero-order valence-electron chi connectivity index (χ0n) is 13.5. The van der Waals surface area contributed by atoms with Crippen LogP contribution >= 0.6 is 0 Å². The van der Waals surface area contributed by atoms with Gasteiger partial charge in [0.2, 0.25) is 0 Å². The molecule has 112 valence electrons. The third-order valence-corrected chi connectivity index (χ3v) is 3.42. The number of hydrogen-bond acceptors (Lipinski definition) is 3. The molecule has 0 atom stereocenters. The summed E-state index contributed by atoms with van der Waals surface area (Å²) in [6.45, 7) is 8.06. The van der Waals surface area contributed by atoms with Crippen molar-refractivity contribution in [3.05, 3.63) is 35.9 Å². The molecule has 3 heterocycles. The van der Waals surface area contributed by atoms with E-state index >= 15 is 0 Å². The summed E-state index contributed by atoms with van der Waals surface area (Å²) in [5.74, 6) is 0.833. The van der Waals surface area contributed by atoms with Gasteiger partial charge in [-0.15, -0.1) is 0 Å². The molecule has 5 heteroatoms. The molecule has 3 aromatic heterocycles. The lowest BCUT2D eigenvalue weighted by atomic mass is 10.1. The summed E-state index contributed by atoms with van der Waals surface area (Å²) < 4.78 is 9.17. The fourth-order valence-corrected chi connectivity index (χ4v) is 2.28. The monoisotopic (exact) mass is 286 g/mol. The van der Waals surface area contributed by atoms with Crippen molar-refractivity contribution >= 4 is 5.52 Å². The van der Waals surface area contributed by atoms with Gasteiger partial charge in [-0.1, -0.05) is 13.8 Å². The van der Waals surface area contributed by atoms with Crippen molar-refractivity contribution in [2.24, 2.45) is 7.05 Å². The van der Waals surface area contributed by atoms with Crippen LogP contribution < -0.4 is 4.74 Å². The highest BCUT2D eigenvalue weighted by Gasteiger charge is 2.13. The van der Waals surface area contributed by atoms with Crippen LogP contribution in [0.5, 0.6) is 5.75 Å². The van der Waals surface area contributed by atoms with E-state index in [9.17, 15) is 0 Å². The molecule has 3 rings (SSSR count). The smallest absolute Gasteiger partial charge is 0.145 e. The van der Waals surface area contributed by atoms with Gasteiger partial charge in [0.25, 0.3) is 0 Å². The molecule has 0 bridgehead atoms. The molecule has 0 aliphatic carbocycles. The number of aromatic nitrogens is 4. The third-order valence-electron chi connectivity index (χ3n) is 3.42. The Labute approximate surface area is 125 Å². The van der Waals surface area contributed by atoms with E-state index in [0.29, 0.717) is 0 Å². The van der Waals surface area contributed by atoms with Crippen LogP contribution in [0.1, 0.15) is 25.1 Å². The minimum Gasteiger partial charge on any atom is -0.494 e. The van der Waals surface area contributed by atoms with Crippen molar-refractivity contribution in [1.29, 1.82) is 0 Å². The zero-order chi connectivity index (χ0) is 15.6. The molecule has 0 fully saturated rings. The van der Waals surface area contributed by atoms with E-state index in [1.54, 1.807) is 11.8 Å². The summed E-state index contributed by atoms with van der Waals surface area (Å²) in [4.78, 5) is 0. The zero-order valence-corrected chi connectivity index (χ0v) is 13.5. The first-order valence-corrected chi connectivity index (χ1v) is 7.12. The number of pyridine rings is 1. The second-order valence-electron chi connectivity index (χ2n) is 4.70. The predicted octanol–water partition coefficient (Wildman–Crippen LogP) is 3.39. The molecular formula is C16H22N4O. The van der Waals surface area contributed by atoms with E-state index in [2.05, 4.69) is 17.1 Å². The molecule has 0 saturated carbocycles. The van der Waals surface area contributed by atoms with E-state index in [-0.39, 0.29) is 0 Å². The molecule has 0 amide bonds. The van der Waals surface area contributed by atoms with Gasteiger partial charge < -0.3 is 4.74 Å². The molecule has 0 saturated heterocycles. The van der Waals surface area contributed by atoms with Gasteiger partial charge in [0.1, 0.15) is 11.3 Å². The summed E-state index contributed by atoms with van der Waals surface area (Å²) in [5, 5.41) is 8.72. The fraction of sp³-hybridized carbons (Fsp3) is 0.375. The number of fused-ring (bicyclic) bond motifs is 1. The van der Waals surface area contributed by atoms with Gasteiger partial charge in [0, 0.05) is 36.1 Å². The lowest BCUT2D eigenvalue weighted by molar-refractivity contribution is 0.417. The fourth-order valence-electron chi connectivity index (χ4n) is 2.28. The molecular weight excluding hydrogens is 264 g/mol. The van der Waals surface area contributed by atoms with E-state index in [0.717, 1.165) is 33.7 Å². The van der Waals surface area contributed by atoms with E-state index < -0.39 is 0 Å². The topological polar surface area (TPSA) is 44.4 Å². The van der Waals surface area contributed by atoms with E-state index in [4.69, 9.17) is 4.74 Å². The Morgan fingerprint density at radius 3 is 2.38 bits per heavy atom. The molecule has 0 N–H and O–H groups in total. The second kappa shape index (κ2) is 5.99. The average molecular weight is 286 g/mol. The highest BCUT2D eigenvalue weighted by Crippen LogP contribution is 2.30. The maximum absolute atomic E-state index is 5.50. The van der Waals surface area contributed by atoms with Crippen LogP contribution in [0.25, 0.3) is 16.6 Å². The number of hydrogen-bond donors (Lipinski definition) is 0. The highest BCUT2D eigenvalue weighted by molar-refractivity contribution is 5.73. The van der Waals surface area contributed by atoms with Crippen LogP contribution in [0.15, 0.2) is 24.7 Å². The van der Waals surface area contributed by atoms with Gasteiger partial charge in [-0.25, -0.2) is 4.52 Å². The molecule has 0 aliphatic heterocycles. The maximum Gasteiger partial charge on any atom is 0.145 e. The van der Waals surface area contributed by atoms with Crippen LogP contribution in [-0.4, -0.2) is 26.5 Å². The minimum absolute atomic E-state index is 0.833. The first kappa shape index (κ1) is 15.1. The summed E-state index contributed by atoms with van der Waals surface area (Å²) in [7, 11) is 3.59. The number of nitrogens with zero attached hydrogens (tertiary/aromatic N) is 4. The molecule has 0 aromatic carbocycles. The van der Waals surface area contributed by atoms with Crippen LogP contribution in [0.4, 0.5) is 0 Å². The molecule has 21 heavy (non-hydrogen) atoms. The van der Waals surface area contributed by atoms with Crippen LogP contribution in [0.3, 0.4) is 0 Å². The SMILES string of the molecule is CC.COc1cc(-c2cnn(C)c2)cn2nc(C)c(C)c12. The van der Waals surface area contributed by atoms with Crippen LogP contribution in [0.2, 0.25) is 0 Å². The van der Waals surface area contributed by atoms with E-state index in [1.807, 2.05) is 57.0 Å². The Kier molecular flexibility index (Phi) is 4.31. The first-order chi connectivity index (χ1) is 10.1. The Morgan fingerprint density at radius 2 is 1.81 bits per heavy atom. The molecule has 0 radical (unpaired) electrons. The number of aryl methyl sites for hydroxylation is 3. The molecule has 0 aliphatic rings. The Bertz CT molecular complexity index is 755. The second-order valence-corrected chi connectivity index (χ2v) is 4.70. The largest absolute Gasteiger partial charge is 0.494 e. The molecule has 0 spiro atoms. The normalized spacial score (nSPS) is 10.4. The van der Waals surface area contributed by atoms with Gasteiger partial charge in [-0.3, -0.25) is 4.68 Å². The Morgan fingerprint density at radius 1 is 1.10 bits per heavy atom. The van der Waals surface area contributed by atoms with Crippen LogP contribution in [-0.2, 0) is 7.05 Å². The van der Waals surface area contributed by atoms with Crippen molar-refractivity contribution in [2.75, 3.05) is 7.11 Å². The third kappa shape index (κ3) is 2.63.